The van der Waals surface area contributed by atoms with Crippen LogP contribution in [0.15, 0.2) is 36.4 Å². The van der Waals surface area contributed by atoms with Gasteiger partial charge in [0.25, 0.3) is 0 Å². The Balaban J connectivity index is 1.39. The summed E-state index contributed by atoms with van der Waals surface area (Å²) in [6.07, 6.45) is 2.03. The van der Waals surface area contributed by atoms with Gasteiger partial charge in [-0.25, -0.2) is 4.85 Å². The minimum absolute atomic E-state index is 0.0223. The van der Waals surface area contributed by atoms with Gasteiger partial charge in [-0.05, 0) is 67.6 Å². The van der Waals surface area contributed by atoms with E-state index in [0.717, 1.165) is 24.2 Å². The van der Waals surface area contributed by atoms with E-state index in [1.165, 1.54) is 11.1 Å². The van der Waals surface area contributed by atoms with E-state index in [2.05, 4.69) is 21.9 Å². The summed E-state index contributed by atoms with van der Waals surface area (Å²) >= 11 is 0. The van der Waals surface area contributed by atoms with E-state index < -0.39 is 5.97 Å². The minimum Gasteiger partial charge on any atom is -0.502 e. The fourth-order valence-electron chi connectivity index (χ4n) is 4.22. The van der Waals surface area contributed by atoms with Crippen molar-refractivity contribution in [3.63, 3.8) is 0 Å². The van der Waals surface area contributed by atoms with Crippen LogP contribution in [0, 0.1) is 12.5 Å². The van der Waals surface area contributed by atoms with Gasteiger partial charge < -0.3 is 14.6 Å². The van der Waals surface area contributed by atoms with Crippen molar-refractivity contribution in [3.05, 3.63) is 64.5 Å². The Kier molecular flexibility index (Phi) is 5.65. The Morgan fingerprint density at radius 2 is 2.07 bits per heavy atom. The normalized spacial score (nSPS) is 18.5. The zero-order valence-electron chi connectivity index (χ0n) is 17.3. The van der Waals surface area contributed by atoms with Crippen LogP contribution in [0.2, 0.25) is 0 Å². The van der Waals surface area contributed by atoms with Crippen molar-refractivity contribution < 1.29 is 19.4 Å². The van der Waals surface area contributed by atoms with E-state index in [1.54, 1.807) is 0 Å². The molecule has 1 N–H and O–H groups in total. The van der Waals surface area contributed by atoms with Gasteiger partial charge >= 0.3 is 5.97 Å². The number of aryl methyl sites for hydroxylation is 1. The van der Waals surface area contributed by atoms with Gasteiger partial charge in [-0.2, -0.15) is 0 Å². The molecule has 2 aromatic carbocycles. The molecule has 6 heteroatoms. The van der Waals surface area contributed by atoms with Crippen molar-refractivity contribution in [2.45, 2.75) is 45.4 Å². The molecule has 1 fully saturated rings. The Morgan fingerprint density at radius 3 is 2.77 bits per heavy atom. The number of rotatable bonds is 7. The molecule has 2 aromatic rings. The van der Waals surface area contributed by atoms with Crippen LogP contribution >= 0.6 is 0 Å². The molecular weight excluding hydrogens is 380 g/mol. The monoisotopic (exact) mass is 406 g/mol. The second-order valence-electron chi connectivity index (χ2n) is 8.27. The quantitative estimate of drug-likeness (QED) is 0.681. The Hall–Kier alpha value is -3.04. The van der Waals surface area contributed by atoms with Crippen molar-refractivity contribution in [1.29, 1.82) is 0 Å². The van der Waals surface area contributed by atoms with Gasteiger partial charge in [-0.1, -0.05) is 12.1 Å². The maximum absolute atomic E-state index is 11.1. The van der Waals surface area contributed by atoms with Crippen LogP contribution in [0.25, 0.3) is 4.85 Å². The smallest absolute Gasteiger partial charge is 0.309 e. The molecule has 0 amide bonds. The number of carboxylic acid groups (broad SMARTS) is 1. The van der Waals surface area contributed by atoms with E-state index in [1.807, 2.05) is 38.1 Å². The lowest BCUT2D eigenvalue weighted by atomic mass is 9.95. The Bertz CT molecular complexity index is 989. The number of ether oxygens (including phenoxy) is 2. The largest absolute Gasteiger partial charge is 0.502 e. The molecule has 1 heterocycles. The standard InChI is InChI=1S/C24H26N2O4/c1-15(2)30-23-9-4-16(10-21(23)25-3)14-29-19-6-7-20-17(11-19)5-8-22(20)26-12-18(13-26)24(27)28/h4,6-7,9-11,15,18,22H,5,8,12-14H2,1-2H3,(H,27,28). The van der Waals surface area contributed by atoms with Gasteiger partial charge in [0.1, 0.15) is 18.1 Å². The van der Waals surface area contributed by atoms with Gasteiger partial charge in [0.05, 0.1) is 18.6 Å². The highest BCUT2D eigenvalue weighted by molar-refractivity contribution is 5.71. The summed E-state index contributed by atoms with van der Waals surface area (Å²) < 4.78 is 11.7. The molecule has 1 unspecified atom stereocenters. The molecule has 4 rings (SSSR count). The van der Waals surface area contributed by atoms with Crippen molar-refractivity contribution >= 4 is 11.7 Å². The third kappa shape index (κ3) is 4.12. The fraction of sp³-hybridized carbons (Fsp3) is 0.417. The van der Waals surface area contributed by atoms with Crippen LogP contribution < -0.4 is 9.47 Å². The average molecular weight is 406 g/mol. The summed E-state index contributed by atoms with van der Waals surface area (Å²) in [4.78, 5) is 16.9. The number of likely N-dealkylation sites (tertiary alicyclic amines) is 1. The first-order chi connectivity index (χ1) is 14.4. The lowest BCUT2D eigenvalue weighted by Gasteiger charge is -2.41. The van der Waals surface area contributed by atoms with Gasteiger partial charge in [-0.15, -0.1) is 0 Å². The molecule has 0 saturated carbocycles. The average Bonchev–Trinajstić information content (AvgIpc) is 3.08. The van der Waals surface area contributed by atoms with Crippen molar-refractivity contribution in [2.24, 2.45) is 5.92 Å². The van der Waals surface area contributed by atoms with Crippen LogP contribution in [0.5, 0.6) is 11.5 Å². The molecule has 1 saturated heterocycles. The van der Waals surface area contributed by atoms with E-state index in [9.17, 15) is 4.79 Å². The summed E-state index contributed by atoms with van der Waals surface area (Å²) in [5.74, 6) is 0.490. The van der Waals surface area contributed by atoms with Gasteiger partial charge in [0, 0.05) is 19.1 Å². The zero-order chi connectivity index (χ0) is 21.3. The van der Waals surface area contributed by atoms with Gasteiger partial charge in [0.15, 0.2) is 0 Å². The predicted octanol–water partition coefficient (Wildman–Crippen LogP) is 4.61. The van der Waals surface area contributed by atoms with Crippen LogP contribution in [0.4, 0.5) is 5.69 Å². The van der Waals surface area contributed by atoms with Crippen molar-refractivity contribution in [2.75, 3.05) is 13.1 Å². The number of nitrogens with zero attached hydrogens (tertiary/aromatic N) is 2. The maximum Gasteiger partial charge on any atom is 0.309 e. The molecule has 1 aliphatic carbocycles. The van der Waals surface area contributed by atoms with E-state index in [0.29, 0.717) is 37.2 Å². The summed E-state index contributed by atoms with van der Waals surface area (Å²) in [5, 5.41) is 9.10. The molecule has 6 nitrogen and oxygen atoms in total. The molecule has 2 aliphatic rings. The first-order valence-corrected chi connectivity index (χ1v) is 10.3. The fourth-order valence-corrected chi connectivity index (χ4v) is 4.22. The first kappa shape index (κ1) is 20.2. The van der Waals surface area contributed by atoms with Crippen molar-refractivity contribution in [3.8, 4) is 11.5 Å². The zero-order valence-corrected chi connectivity index (χ0v) is 17.3. The molecule has 1 aliphatic heterocycles. The van der Waals surface area contributed by atoms with Crippen LogP contribution in [-0.4, -0.2) is 35.2 Å². The highest BCUT2D eigenvalue weighted by Gasteiger charge is 2.39. The second-order valence-corrected chi connectivity index (χ2v) is 8.27. The molecular formula is C24H26N2O4. The summed E-state index contributed by atoms with van der Waals surface area (Å²) in [5.41, 5.74) is 3.99. The minimum atomic E-state index is -0.696. The summed E-state index contributed by atoms with van der Waals surface area (Å²) in [6.45, 7) is 12.9. The summed E-state index contributed by atoms with van der Waals surface area (Å²) in [6, 6.07) is 12.1. The van der Waals surface area contributed by atoms with Gasteiger partial charge in [-0.3, -0.25) is 9.69 Å². The lowest BCUT2D eigenvalue weighted by Crippen LogP contribution is -2.51. The Labute approximate surface area is 176 Å². The highest BCUT2D eigenvalue weighted by atomic mass is 16.5. The predicted molar refractivity (Wildman–Crippen MR) is 113 cm³/mol. The third-order valence-electron chi connectivity index (χ3n) is 5.77. The molecule has 0 aromatic heterocycles. The molecule has 1 atom stereocenters. The number of hydrogen-bond acceptors (Lipinski definition) is 4. The number of benzene rings is 2. The SMILES string of the molecule is [C-]#[N+]c1cc(COc2ccc3c(c2)CCC3N2CC(C(=O)O)C2)ccc1OC(C)C. The molecule has 0 bridgehead atoms. The number of aliphatic carboxylic acids is 1. The Morgan fingerprint density at radius 1 is 1.27 bits per heavy atom. The van der Waals surface area contributed by atoms with Crippen LogP contribution in [0.1, 0.15) is 43.0 Å². The van der Waals surface area contributed by atoms with E-state index >= 15 is 0 Å². The number of carboxylic acids is 1. The number of fused-ring (bicyclic) bond motifs is 1. The molecule has 0 radical (unpaired) electrons. The summed E-state index contributed by atoms with van der Waals surface area (Å²) in [7, 11) is 0. The molecule has 156 valence electrons. The number of carbonyl (C=O) groups is 1. The van der Waals surface area contributed by atoms with Crippen LogP contribution in [-0.2, 0) is 17.8 Å². The third-order valence-corrected chi connectivity index (χ3v) is 5.77. The van der Waals surface area contributed by atoms with Crippen molar-refractivity contribution in [1.82, 2.24) is 4.90 Å². The molecule has 30 heavy (non-hydrogen) atoms. The van der Waals surface area contributed by atoms with Gasteiger partial charge in [0.2, 0.25) is 5.69 Å². The highest BCUT2D eigenvalue weighted by Crippen LogP contribution is 2.40. The maximum atomic E-state index is 11.1. The molecule has 0 spiro atoms. The second kappa shape index (κ2) is 8.37. The lowest BCUT2D eigenvalue weighted by molar-refractivity contribution is -0.148. The topological polar surface area (TPSA) is 63.4 Å². The van der Waals surface area contributed by atoms with Crippen LogP contribution in [0.3, 0.4) is 0 Å². The van der Waals surface area contributed by atoms with E-state index in [-0.39, 0.29) is 12.0 Å². The number of hydrogen-bond donors (Lipinski definition) is 1. The first-order valence-electron chi connectivity index (χ1n) is 10.3. The van der Waals surface area contributed by atoms with E-state index in [4.69, 9.17) is 21.2 Å².